The van der Waals surface area contributed by atoms with E-state index in [4.69, 9.17) is 32.7 Å². The zero-order valence-corrected chi connectivity index (χ0v) is 21.1. The molecule has 7 nitrogen and oxygen atoms in total. The average Bonchev–Trinajstić information content (AvgIpc) is 2.85. The van der Waals surface area contributed by atoms with Crippen LogP contribution >= 0.6 is 23.2 Å². The Bertz CT molecular complexity index is 1300. The number of anilines is 2. The molecule has 3 aromatic carbocycles. The Morgan fingerprint density at radius 1 is 0.842 bits per heavy atom. The van der Waals surface area contributed by atoms with Crippen molar-refractivity contribution in [1.29, 1.82) is 0 Å². The van der Waals surface area contributed by atoms with Gasteiger partial charge < -0.3 is 20.1 Å². The maximum absolute atomic E-state index is 13.0. The third kappa shape index (κ3) is 8.97. The Balaban J connectivity index is 1.37. The Labute approximate surface area is 225 Å². The molecule has 12 heteroatoms. The van der Waals surface area contributed by atoms with Crippen LogP contribution in [-0.2, 0) is 25.3 Å². The summed E-state index contributed by atoms with van der Waals surface area (Å²) >= 11 is 11.9. The maximum atomic E-state index is 13.0. The fourth-order valence-corrected chi connectivity index (χ4v) is 3.60. The van der Waals surface area contributed by atoms with Crippen LogP contribution in [0.2, 0.25) is 10.0 Å². The fourth-order valence-electron chi connectivity index (χ4n) is 3.15. The number of rotatable bonds is 10. The van der Waals surface area contributed by atoms with Crippen molar-refractivity contribution in [3.63, 3.8) is 0 Å². The Morgan fingerprint density at radius 3 is 2.24 bits per heavy atom. The number of benzene rings is 3. The van der Waals surface area contributed by atoms with Gasteiger partial charge in [0.2, 0.25) is 5.91 Å². The highest BCUT2D eigenvalue weighted by atomic mass is 35.5. The molecule has 0 saturated heterocycles. The predicted molar refractivity (Wildman–Crippen MR) is 136 cm³/mol. The van der Waals surface area contributed by atoms with E-state index in [-0.39, 0.29) is 25.2 Å². The third-order valence-electron chi connectivity index (χ3n) is 4.92. The van der Waals surface area contributed by atoms with E-state index < -0.39 is 35.9 Å². The van der Waals surface area contributed by atoms with Crippen molar-refractivity contribution in [3.8, 4) is 11.5 Å². The van der Waals surface area contributed by atoms with Crippen LogP contribution in [0.15, 0.2) is 66.7 Å². The minimum atomic E-state index is -4.65. The molecule has 0 fully saturated rings. The molecule has 0 aliphatic heterocycles. The summed E-state index contributed by atoms with van der Waals surface area (Å²) in [6.45, 7) is -0.757. The zero-order valence-electron chi connectivity index (χ0n) is 19.6. The van der Waals surface area contributed by atoms with Gasteiger partial charge in [-0.2, -0.15) is 13.2 Å². The molecule has 2 amide bonds. The van der Waals surface area contributed by atoms with Crippen LogP contribution in [0.3, 0.4) is 0 Å². The normalized spacial score (nSPS) is 11.0. The number of esters is 1. The van der Waals surface area contributed by atoms with Gasteiger partial charge in [0.15, 0.2) is 6.61 Å². The number of carbonyl (C=O) groups is 3. The highest BCUT2D eigenvalue weighted by molar-refractivity contribution is 6.35. The SMILES string of the molecule is O=C(CCCC(=O)OCC(=O)Nc1ccccc1C(F)(F)F)Nc1ccc(Oc2ccc(Cl)cc2Cl)cc1. The number of carbonyl (C=O) groups excluding carboxylic acids is 3. The Kier molecular flexibility index (Phi) is 9.98. The quantitative estimate of drug-likeness (QED) is 0.254. The van der Waals surface area contributed by atoms with E-state index in [0.717, 1.165) is 12.1 Å². The monoisotopic (exact) mass is 568 g/mol. The topological polar surface area (TPSA) is 93.7 Å². The predicted octanol–water partition coefficient (Wildman–Crippen LogP) is 7.10. The highest BCUT2D eigenvalue weighted by Crippen LogP contribution is 2.34. The molecule has 0 aliphatic carbocycles. The minimum Gasteiger partial charge on any atom is -0.456 e. The Morgan fingerprint density at radius 2 is 1.55 bits per heavy atom. The lowest BCUT2D eigenvalue weighted by Gasteiger charge is -2.13. The van der Waals surface area contributed by atoms with Crippen molar-refractivity contribution in [1.82, 2.24) is 0 Å². The zero-order chi connectivity index (χ0) is 27.7. The molecule has 2 N–H and O–H groups in total. The summed E-state index contributed by atoms with van der Waals surface area (Å²) in [5, 5.41) is 5.57. The number of amides is 2. The molecule has 3 aromatic rings. The van der Waals surface area contributed by atoms with Gasteiger partial charge >= 0.3 is 12.1 Å². The second-order valence-electron chi connectivity index (χ2n) is 7.86. The number of hydrogen-bond donors (Lipinski definition) is 2. The summed E-state index contributed by atoms with van der Waals surface area (Å²) in [4.78, 5) is 35.9. The lowest BCUT2D eigenvalue weighted by atomic mass is 10.1. The van der Waals surface area contributed by atoms with Crippen molar-refractivity contribution in [2.24, 2.45) is 0 Å². The molecule has 0 radical (unpaired) electrons. The van der Waals surface area contributed by atoms with E-state index in [2.05, 4.69) is 10.6 Å². The second-order valence-corrected chi connectivity index (χ2v) is 8.70. The summed E-state index contributed by atoms with van der Waals surface area (Å²) in [6.07, 6.45) is -4.67. The molecular formula is C26H21Cl2F3N2O5. The second kappa shape index (κ2) is 13.2. The van der Waals surface area contributed by atoms with E-state index >= 15 is 0 Å². The van der Waals surface area contributed by atoms with Crippen LogP contribution in [0.4, 0.5) is 24.5 Å². The lowest BCUT2D eigenvalue weighted by molar-refractivity contribution is -0.147. The minimum absolute atomic E-state index is 0.00110. The van der Waals surface area contributed by atoms with Crippen LogP contribution in [0.25, 0.3) is 0 Å². The molecule has 0 unspecified atom stereocenters. The van der Waals surface area contributed by atoms with Crippen LogP contribution in [0, 0.1) is 0 Å². The molecule has 0 aliphatic rings. The molecule has 0 aromatic heterocycles. The van der Waals surface area contributed by atoms with Gasteiger partial charge in [0, 0.05) is 23.6 Å². The first-order chi connectivity index (χ1) is 18.0. The van der Waals surface area contributed by atoms with Crippen molar-refractivity contribution in [2.75, 3.05) is 17.2 Å². The van der Waals surface area contributed by atoms with Gasteiger partial charge in [-0.05, 0) is 61.0 Å². The van der Waals surface area contributed by atoms with Gasteiger partial charge in [-0.15, -0.1) is 0 Å². The van der Waals surface area contributed by atoms with E-state index in [9.17, 15) is 27.6 Å². The molecule has 200 valence electrons. The van der Waals surface area contributed by atoms with Crippen LogP contribution in [0.5, 0.6) is 11.5 Å². The van der Waals surface area contributed by atoms with Crippen molar-refractivity contribution in [2.45, 2.75) is 25.4 Å². The number of para-hydroxylation sites is 1. The first kappa shape index (κ1) is 28.8. The van der Waals surface area contributed by atoms with Crippen LogP contribution in [0.1, 0.15) is 24.8 Å². The van der Waals surface area contributed by atoms with Gasteiger partial charge in [-0.25, -0.2) is 0 Å². The number of halogens is 5. The van der Waals surface area contributed by atoms with Gasteiger partial charge in [0.05, 0.1) is 16.3 Å². The van der Waals surface area contributed by atoms with Gasteiger partial charge in [-0.1, -0.05) is 35.3 Å². The first-order valence-corrected chi connectivity index (χ1v) is 11.9. The molecule has 0 bridgehead atoms. The average molecular weight is 569 g/mol. The van der Waals surface area contributed by atoms with Gasteiger partial charge in [0.25, 0.3) is 5.91 Å². The maximum Gasteiger partial charge on any atom is 0.418 e. The molecule has 0 saturated carbocycles. The van der Waals surface area contributed by atoms with Gasteiger partial charge in [0.1, 0.15) is 11.5 Å². The van der Waals surface area contributed by atoms with Crippen molar-refractivity contribution >= 4 is 52.4 Å². The smallest absolute Gasteiger partial charge is 0.418 e. The van der Waals surface area contributed by atoms with E-state index in [1.807, 2.05) is 0 Å². The summed E-state index contributed by atoms with van der Waals surface area (Å²) < 4.78 is 49.4. The van der Waals surface area contributed by atoms with E-state index in [0.29, 0.717) is 27.2 Å². The molecular weight excluding hydrogens is 548 g/mol. The first-order valence-electron chi connectivity index (χ1n) is 11.2. The Hall–Kier alpha value is -3.76. The molecule has 0 atom stereocenters. The van der Waals surface area contributed by atoms with Crippen LogP contribution in [-0.4, -0.2) is 24.4 Å². The summed E-state index contributed by atoms with van der Waals surface area (Å²) in [5.41, 5.74) is -0.951. The third-order valence-corrected chi connectivity index (χ3v) is 5.45. The lowest BCUT2D eigenvalue weighted by Crippen LogP contribution is -2.22. The molecule has 3 rings (SSSR count). The van der Waals surface area contributed by atoms with Crippen LogP contribution < -0.4 is 15.4 Å². The molecule has 38 heavy (non-hydrogen) atoms. The largest absolute Gasteiger partial charge is 0.456 e. The standard InChI is InChI=1S/C26H21Cl2F3N2O5/c27-16-8-13-22(20(28)14-16)38-18-11-9-17(10-12-18)32-23(34)6-3-7-25(36)37-15-24(35)33-21-5-2-1-4-19(21)26(29,30)31/h1-2,4-5,8-14H,3,6-7,15H2,(H,32,34)(H,33,35). The number of alkyl halides is 3. The van der Waals surface area contributed by atoms with E-state index in [1.54, 1.807) is 42.5 Å². The van der Waals surface area contributed by atoms with E-state index in [1.165, 1.54) is 12.1 Å². The molecule has 0 spiro atoms. The summed E-state index contributed by atoms with van der Waals surface area (Å²) in [6, 6.07) is 15.8. The van der Waals surface area contributed by atoms with Crippen molar-refractivity contribution in [3.05, 3.63) is 82.3 Å². The number of nitrogens with one attached hydrogen (secondary N) is 2. The highest BCUT2D eigenvalue weighted by Gasteiger charge is 2.33. The molecule has 0 heterocycles. The fraction of sp³-hybridized carbons (Fsp3) is 0.192. The number of hydrogen-bond acceptors (Lipinski definition) is 5. The van der Waals surface area contributed by atoms with Gasteiger partial charge in [-0.3, -0.25) is 14.4 Å². The van der Waals surface area contributed by atoms with Crippen molar-refractivity contribution < 1.29 is 37.0 Å². The number of ether oxygens (including phenoxy) is 2. The summed E-state index contributed by atoms with van der Waals surface area (Å²) in [7, 11) is 0. The summed E-state index contributed by atoms with van der Waals surface area (Å²) in [5.74, 6) is -1.13.